The summed E-state index contributed by atoms with van der Waals surface area (Å²) in [6.07, 6.45) is 1.20. The number of aryl methyl sites for hydroxylation is 1. The van der Waals surface area contributed by atoms with Gasteiger partial charge < -0.3 is 20.4 Å². The summed E-state index contributed by atoms with van der Waals surface area (Å²) in [5.74, 6) is 1.49. The summed E-state index contributed by atoms with van der Waals surface area (Å²) in [6, 6.07) is 13.5. The standard InChI is InChI=1S/C26H27ClN8O/c1-4-24(36)28-21-8-5-17(14-20(21)27)25-29-22-15-18(35-11-9-34(3)10-12-35)6-7-19(22)26(31-25)30-23-13-16(2)32-33-23/h4-8,13-15H,1,9-12H2,2-3H3,(H,28,36)(H2,29,30,31,32,33). The topological polar surface area (TPSA) is 102 Å². The summed E-state index contributed by atoms with van der Waals surface area (Å²) >= 11 is 6.46. The van der Waals surface area contributed by atoms with Gasteiger partial charge in [0.25, 0.3) is 0 Å². The molecule has 3 heterocycles. The van der Waals surface area contributed by atoms with E-state index in [1.165, 1.54) is 6.08 Å². The highest BCUT2D eigenvalue weighted by Crippen LogP contribution is 2.32. The van der Waals surface area contributed by atoms with Crippen molar-refractivity contribution in [1.82, 2.24) is 25.1 Å². The average Bonchev–Trinajstić information content (AvgIpc) is 3.29. The molecular weight excluding hydrogens is 476 g/mol. The SMILES string of the molecule is C=CC(=O)Nc1ccc(-c2nc(Nc3cc(C)[nH]n3)c3ccc(N4CCN(C)CC4)cc3n2)cc1Cl. The second-order valence-electron chi connectivity index (χ2n) is 8.84. The first-order valence-corrected chi connectivity index (χ1v) is 12.0. The fraction of sp³-hybridized carbons (Fsp3) is 0.231. The Balaban J connectivity index is 1.57. The number of nitrogens with zero attached hydrogens (tertiary/aromatic N) is 5. The molecule has 5 rings (SSSR count). The Bertz CT molecular complexity index is 1440. The summed E-state index contributed by atoms with van der Waals surface area (Å²) in [6.45, 7) is 9.38. The molecule has 0 unspecified atom stereocenters. The number of fused-ring (bicyclic) bond motifs is 1. The lowest BCUT2D eigenvalue weighted by atomic mass is 10.1. The highest BCUT2D eigenvalue weighted by atomic mass is 35.5. The lowest BCUT2D eigenvalue weighted by molar-refractivity contribution is -0.111. The first-order valence-electron chi connectivity index (χ1n) is 11.7. The quantitative estimate of drug-likeness (QED) is 0.331. The van der Waals surface area contributed by atoms with E-state index < -0.39 is 0 Å². The second kappa shape index (κ2) is 9.96. The molecule has 184 valence electrons. The van der Waals surface area contributed by atoms with Gasteiger partial charge in [0.05, 0.1) is 16.2 Å². The fourth-order valence-electron chi connectivity index (χ4n) is 4.15. The van der Waals surface area contributed by atoms with Crippen LogP contribution in [0.4, 0.5) is 23.0 Å². The highest BCUT2D eigenvalue weighted by Gasteiger charge is 2.17. The van der Waals surface area contributed by atoms with Crippen molar-refractivity contribution in [3.8, 4) is 11.4 Å². The normalized spacial score (nSPS) is 14.1. The molecule has 0 spiro atoms. The van der Waals surface area contributed by atoms with E-state index in [0.717, 1.165) is 54.0 Å². The van der Waals surface area contributed by atoms with Crippen molar-refractivity contribution in [2.24, 2.45) is 0 Å². The molecule has 3 N–H and O–H groups in total. The third-order valence-corrected chi connectivity index (χ3v) is 6.48. The van der Waals surface area contributed by atoms with Crippen molar-refractivity contribution in [2.75, 3.05) is 48.8 Å². The minimum Gasteiger partial charge on any atom is -0.369 e. The lowest BCUT2D eigenvalue weighted by Crippen LogP contribution is -2.44. The Hall–Kier alpha value is -3.95. The average molecular weight is 503 g/mol. The molecule has 1 saturated heterocycles. The van der Waals surface area contributed by atoms with E-state index in [4.69, 9.17) is 21.6 Å². The first-order chi connectivity index (χ1) is 17.4. The zero-order valence-electron chi connectivity index (χ0n) is 20.2. The Morgan fingerprint density at radius 1 is 1.11 bits per heavy atom. The van der Waals surface area contributed by atoms with Crippen LogP contribution >= 0.6 is 11.6 Å². The van der Waals surface area contributed by atoms with Crippen LogP contribution < -0.4 is 15.5 Å². The van der Waals surface area contributed by atoms with Gasteiger partial charge >= 0.3 is 0 Å². The zero-order chi connectivity index (χ0) is 25.2. The molecule has 0 saturated carbocycles. The van der Waals surface area contributed by atoms with Crippen LogP contribution in [0.1, 0.15) is 5.69 Å². The van der Waals surface area contributed by atoms with E-state index in [2.05, 4.69) is 62.5 Å². The molecule has 9 nitrogen and oxygen atoms in total. The number of aromatic amines is 1. The number of H-pyrrole nitrogens is 1. The molecule has 10 heteroatoms. The molecule has 2 aromatic heterocycles. The number of amides is 1. The maximum Gasteiger partial charge on any atom is 0.247 e. The highest BCUT2D eigenvalue weighted by molar-refractivity contribution is 6.34. The number of rotatable bonds is 6. The van der Waals surface area contributed by atoms with Gasteiger partial charge in [-0.3, -0.25) is 9.89 Å². The van der Waals surface area contributed by atoms with Crippen molar-refractivity contribution in [1.29, 1.82) is 0 Å². The number of carbonyl (C=O) groups excluding carboxylic acids is 1. The lowest BCUT2D eigenvalue weighted by Gasteiger charge is -2.34. The number of piperazine rings is 1. The van der Waals surface area contributed by atoms with Gasteiger partial charge in [-0.2, -0.15) is 5.10 Å². The number of aromatic nitrogens is 4. The Morgan fingerprint density at radius 2 is 1.92 bits per heavy atom. The molecule has 36 heavy (non-hydrogen) atoms. The van der Waals surface area contributed by atoms with E-state index in [-0.39, 0.29) is 5.91 Å². The van der Waals surface area contributed by atoms with Crippen molar-refractivity contribution in [2.45, 2.75) is 6.92 Å². The number of hydrogen-bond acceptors (Lipinski definition) is 7. The van der Waals surface area contributed by atoms with Crippen LogP contribution in [0, 0.1) is 6.92 Å². The number of hydrogen-bond donors (Lipinski definition) is 3. The molecule has 0 atom stereocenters. The van der Waals surface area contributed by atoms with Crippen molar-refractivity contribution >= 4 is 51.4 Å². The number of likely N-dealkylation sites (N-methyl/N-ethyl adjacent to an activating group) is 1. The fourth-order valence-corrected chi connectivity index (χ4v) is 4.37. The van der Waals surface area contributed by atoms with Crippen LogP contribution in [0.2, 0.25) is 5.02 Å². The predicted molar refractivity (Wildman–Crippen MR) is 145 cm³/mol. The van der Waals surface area contributed by atoms with Gasteiger partial charge in [-0.25, -0.2) is 9.97 Å². The Kier molecular flexibility index (Phi) is 6.58. The molecule has 1 amide bonds. The van der Waals surface area contributed by atoms with Crippen LogP contribution in [-0.4, -0.2) is 64.2 Å². The summed E-state index contributed by atoms with van der Waals surface area (Å²) in [7, 11) is 2.14. The van der Waals surface area contributed by atoms with Crippen molar-refractivity contribution in [3.05, 3.63) is 65.8 Å². The smallest absolute Gasteiger partial charge is 0.247 e. The number of benzene rings is 2. The maximum absolute atomic E-state index is 11.7. The summed E-state index contributed by atoms with van der Waals surface area (Å²) < 4.78 is 0. The minimum atomic E-state index is -0.330. The molecule has 1 fully saturated rings. The second-order valence-corrected chi connectivity index (χ2v) is 9.24. The molecule has 4 aromatic rings. The minimum absolute atomic E-state index is 0.330. The van der Waals surface area contributed by atoms with E-state index in [1.807, 2.05) is 19.1 Å². The van der Waals surface area contributed by atoms with Gasteiger partial charge in [0, 0.05) is 54.6 Å². The molecule has 1 aliphatic heterocycles. The van der Waals surface area contributed by atoms with Crippen molar-refractivity contribution < 1.29 is 4.79 Å². The maximum atomic E-state index is 11.7. The van der Waals surface area contributed by atoms with Crippen LogP contribution in [0.5, 0.6) is 0 Å². The van der Waals surface area contributed by atoms with E-state index >= 15 is 0 Å². The van der Waals surface area contributed by atoms with Gasteiger partial charge in [-0.05, 0) is 56.4 Å². The third-order valence-electron chi connectivity index (χ3n) is 6.17. The van der Waals surface area contributed by atoms with Crippen LogP contribution in [-0.2, 0) is 4.79 Å². The molecule has 0 bridgehead atoms. The number of nitrogens with one attached hydrogen (secondary N) is 3. The zero-order valence-corrected chi connectivity index (χ0v) is 20.9. The number of anilines is 4. The molecular formula is C26H27ClN8O. The summed E-state index contributed by atoms with van der Waals surface area (Å²) in [4.78, 5) is 26.1. The largest absolute Gasteiger partial charge is 0.369 e. The van der Waals surface area contributed by atoms with Gasteiger partial charge in [0.1, 0.15) is 5.82 Å². The summed E-state index contributed by atoms with van der Waals surface area (Å²) in [5, 5.41) is 14.5. The van der Waals surface area contributed by atoms with Crippen molar-refractivity contribution in [3.63, 3.8) is 0 Å². The van der Waals surface area contributed by atoms with Gasteiger partial charge in [0.2, 0.25) is 5.91 Å². The van der Waals surface area contributed by atoms with Crippen LogP contribution in [0.25, 0.3) is 22.3 Å². The van der Waals surface area contributed by atoms with Crippen LogP contribution in [0.3, 0.4) is 0 Å². The molecule has 0 aliphatic carbocycles. The Morgan fingerprint density at radius 3 is 2.61 bits per heavy atom. The predicted octanol–water partition coefficient (Wildman–Crippen LogP) is 4.60. The number of carbonyl (C=O) groups is 1. The Labute approximate surface area is 214 Å². The van der Waals surface area contributed by atoms with Gasteiger partial charge in [-0.1, -0.05) is 18.2 Å². The third kappa shape index (κ3) is 5.02. The van der Waals surface area contributed by atoms with E-state index in [0.29, 0.717) is 28.2 Å². The van der Waals surface area contributed by atoms with E-state index in [9.17, 15) is 4.79 Å². The van der Waals surface area contributed by atoms with Gasteiger partial charge in [-0.15, -0.1) is 0 Å². The first kappa shape index (κ1) is 23.8. The number of halogens is 1. The molecule has 0 radical (unpaired) electrons. The van der Waals surface area contributed by atoms with Crippen LogP contribution in [0.15, 0.2) is 55.1 Å². The monoisotopic (exact) mass is 502 g/mol. The summed E-state index contributed by atoms with van der Waals surface area (Å²) in [5.41, 5.74) is 4.10. The molecule has 2 aromatic carbocycles. The molecule has 1 aliphatic rings. The van der Waals surface area contributed by atoms with E-state index in [1.54, 1.807) is 12.1 Å². The van der Waals surface area contributed by atoms with Gasteiger partial charge in [0.15, 0.2) is 11.6 Å².